The maximum atomic E-state index is 11.9. The van der Waals surface area contributed by atoms with E-state index < -0.39 is 92.3 Å². The molecular weight excluding hydrogens is 520 g/mol. The van der Waals surface area contributed by atoms with E-state index in [0.29, 0.717) is 12.8 Å². The van der Waals surface area contributed by atoms with Crippen LogP contribution in [-0.2, 0) is 33.2 Å². The normalized spacial score (nSPS) is 52.5. The fraction of sp³-hybridized carbons (Fsp3) is 0.962. The van der Waals surface area contributed by atoms with E-state index in [9.17, 15) is 35.4 Å². The van der Waals surface area contributed by atoms with Crippen molar-refractivity contribution in [2.24, 2.45) is 11.8 Å². The first-order valence-electron chi connectivity index (χ1n) is 14.1. The van der Waals surface area contributed by atoms with Gasteiger partial charge in [0.05, 0.1) is 31.0 Å². The summed E-state index contributed by atoms with van der Waals surface area (Å²) >= 11 is 0. The van der Waals surface area contributed by atoms with Crippen molar-refractivity contribution in [2.45, 2.75) is 138 Å². The lowest BCUT2D eigenvalue weighted by atomic mass is 9.85. The molecule has 5 rings (SSSR count). The lowest BCUT2D eigenvalue weighted by Gasteiger charge is -2.47. The molecule has 0 radical (unpaired) electrons. The Kier molecular flexibility index (Phi) is 9.16. The first-order chi connectivity index (χ1) is 18.6. The fourth-order valence-corrected chi connectivity index (χ4v) is 6.30. The molecule has 3 heterocycles. The van der Waals surface area contributed by atoms with Crippen LogP contribution in [0.4, 0.5) is 0 Å². The Bertz CT molecular complexity index is 845. The number of ether oxygens (including phenoxy) is 6. The summed E-state index contributed by atoms with van der Waals surface area (Å²) in [7, 11) is 0. The lowest BCUT2D eigenvalue weighted by molar-refractivity contribution is -0.353. The molecule has 13 nitrogen and oxygen atoms in total. The molecule has 39 heavy (non-hydrogen) atoms. The molecule has 5 aliphatic rings. The zero-order chi connectivity index (χ0) is 28.0. The third-order valence-electron chi connectivity index (χ3n) is 8.87. The van der Waals surface area contributed by atoms with Gasteiger partial charge >= 0.3 is 5.97 Å². The van der Waals surface area contributed by atoms with Crippen molar-refractivity contribution in [2.75, 3.05) is 6.61 Å². The largest absolute Gasteiger partial charge is 0.479 e. The highest BCUT2D eigenvalue weighted by Crippen LogP contribution is 2.44. The molecule has 5 fully saturated rings. The zero-order valence-electron chi connectivity index (χ0n) is 22.2. The van der Waals surface area contributed by atoms with E-state index in [1.54, 1.807) is 6.92 Å². The van der Waals surface area contributed by atoms with Crippen molar-refractivity contribution in [1.29, 1.82) is 0 Å². The summed E-state index contributed by atoms with van der Waals surface area (Å²) < 4.78 is 36.5. The summed E-state index contributed by atoms with van der Waals surface area (Å²) in [5, 5.41) is 61.4. The number of hydrogen-bond acceptors (Lipinski definition) is 12. The Morgan fingerprint density at radius 3 is 2.31 bits per heavy atom. The third-order valence-corrected chi connectivity index (χ3v) is 8.87. The number of fused-ring (bicyclic) bond motifs is 2. The molecule has 0 aromatic heterocycles. The number of hydrogen-bond donors (Lipinski definition) is 6. The van der Waals surface area contributed by atoms with E-state index in [-0.39, 0.29) is 24.4 Å². The second-order valence-corrected chi connectivity index (χ2v) is 11.7. The Morgan fingerprint density at radius 2 is 1.59 bits per heavy atom. The van der Waals surface area contributed by atoms with Crippen LogP contribution in [0.25, 0.3) is 0 Å². The minimum absolute atomic E-state index is 0.0284. The number of carbonyl (C=O) groups is 1. The van der Waals surface area contributed by atoms with Gasteiger partial charge in [0.15, 0.2) is 18.7 Å². The van der Waals surface area contributed by atoms with Gasteiger partial charge in [-0.25, -0.2) is 4.79 Å². The van der Waals surface area contributed by atoms with Crippen LogP contribution in [0, 0.1) is 11.8 Å². The van der Waals surface area contributed by atoms with Crippen LogP contribution in [0.1, 0.15) is 52.4 Å². The quantitative estimate of drug-likeness (QED) is 0.228. The van der Waals surface area contributed by atoms with Gasteiger partial charge in [-0.15, -0.1) is 0 Å². The van der Waals surface area contributed by atoms with Gasteiger partial charge in [0, 0.05) is 0 Å². The van der Waals surface area contributed by atoms with Gasteiger partial charge in [0.1, 0.15) is 42.7 Å². The average molecular weight is 563 g/mol. The topological polar surface area (TPSA) is 194 Å². The van der Waals surface area contributed by atoms with Gasteiger partial charge < -0.3 is 59.1 Å². The van der Waals surface area contributed by atoms with Crippen molar-refractivity contribution < 1.29 is 63.9 Å². The summed E-state index contributed by atoms with van der Waals surface area (Å²) in [4.78, 5) is 11.9. The Hall–Kier alpha value is -0.970. The first kappa shape index (κ1) is 29.5. The smallest absolute Gasteiger partial charge is 0.332 e. The van der Waals surface area contributed by atoms with E-state index in [1.807, 2.05) is 6.92 Å². The van der Waals surface area contributed by atoms with Crippen LogP contribution in [0.3, 0.4) is 0 Å². The van der Waals surface area contributed by atoms with Crippen LogP contribution in [0.5, 0.6) is 0 Å². The van der Waals surface area contributed by atoms with E-state index in [2.05, 4.69) is 0 Å². The van der Waals surface area contributed by atoms with Crippen molar-refractivity contribution in [3.8, 4) is 0 Å². The van der Waals surface area contributed by atoms with Gasteiger partial charge in [-0.1, -0.05) is 13.3 Å². The van der Waals surface area contributed by atoms with Crippen molar-refractivity contribution in [1.82, 2.24) is 0 Å². The van der Waals surface area contributed by atoms with Gasteiger partial charge in [0.25, 0.3) is 0 Å². The van der Waals surface area contributed by atoms with Crippen LogP contribution >= 0.6 is 0 Å². The van der Waals surface area contributed by atoms with Crippen molar-refractivity contribution in [3.63, 3.8) is 0 Å². The molecule has 0 aromatic rings. The van der Waals surface area contributed by atoms with Crippen LogP contribution < -0.4 is 0 Å². The van der Waals surface area contributed by atoms with Crippen molar-refractivity contribution >= 4 is 5.97 Å². The van der Waals surface area contributed by atoms with Gasteiger partial charge in [-0.2, -0.15) is 0 Å². The average Bonchev–Trinajstić information content (AvgIpc) is 3.64. The molecule has 2 aliphatic carbocycles. The number of aliphatic carboxylic acids is 1. The van der Waals surface area contributed by atoms with E-state index in [1.165, 1.54) is 0 Å². The Balaban J connectivity index is 1.36. The number of carboxylic acids is 1. The molecule has 13 heteroatoms. The Labute approximate surface area is 226 Å². The number of rotatable bonds is 6. The molecule has 6 N–H and O–H groups in total. The molecule has 16 atom stereocenters. The molecule has 0 bridgehead atoms. The monoisotopic (exact) mass is 562 g/mol. The van der Waals surface area contributed by atoms with Crippen molar-refractivity contribution in [3.05, 3.63) is 0 Å². The molecule has 224 valence electrons. The third kappa shape index (κ3) is 6.14. The number of aliphatic hydroxyl groups excluding tert-OH is 5. The molecule has 0 spiro atoms. The predicted molar refractivity (Wildman–Crippen MR) is 129 cm³/mol. The van der Waals surface area contributed by atoms with Crippen LogP contribution in [-0.4, -0.2) is 129 Å². The molecule has 0 amide bonds. The highest BCUT2D eigenvalue weighted by Gasteiger charge is 2.55. The zero-order valence-corrected chi connectivity index (χ0v) is 22.2. The maximum Gasteiger partial charge on any atom is 0.332 e. The minimum atomic E-state index is -1.47. The lowest BCUT2D eigenvalue weighted by Crippen LogP contribution is -2.63. The number of carboxylic acid groups (broad SMARTS) is 1. The molecular formula is C26H42O13. The van der Waals surface area contributed by atoms with E-state index >= 15 is 0 Å². The molecule has 0 aromatic carbocycles. The second kappa shape index (κ2) is 12.1. The van der Waals surface area contributed by atoms with Gasteiger partial charge in [-0.3, -0.25) is 0 Å². The van der Waals surface area contributed by atoms with Crippen LogP contribution in [0.15, 0.2) is 0 Å². The summed E-state index contributed by atoms with van der Waals surface area (Å²) in [5.74, 6) is -0.979. The first-order valence-corrected chi connectivity index (χ1v) is 14.1. The Morgan fingerprint density at radius 1 is 0.821 bits per heavy atom. The second-order valence-electron chi connectivity index (χ2n) is 11.7. The molecule has 3 saturated heterocycles. The summed E-state index contributed by atoms with van der Waals surface area (Å²) in [5.41, 5.74) is 0. The maximum absolute atomic E-state index is 11.9. The predicted octanol–water partition coefficient (Wildman–Crippen LogP) is -1.11. The minimum Gasteiger partial charge on any atom is -0.479 e. The standard InChI is InChI=1S/C26H42O13/c1-10-4-3-5-13(21(10)39-25-20(31)19(30)17(28)11(2)34-25)37-26-23-22(18(29)16(9-27)38-26)35-14(24(32)33)7-6-12-8-15(12)36-23/h10-23,25-31H,3-9H2,1-2H3,(H,32,33)/t10-,11?,12?,13-,14-,15?,16?,17-,18+,19?,20+,21?,22?,23?,25+,26-/m1/s1. The van der Waals surface area contributed by atoms with Gasteiger partial charge in [0.2, 0.25) is 0 Å². The summed E-state index contributed by atoms with van der Waals surface area (Å²) in [6.07, 6.45) is -10.3. The number of aliphatic hydroxyl groups is 5. The summed E-state index contributed by atoms with van der Waals surface area (Å²) in [6.45, 7) is 3.01. The fourth-order valence-electron chi connectivity index (χ4n) is 6.30. The van der Waals surface area contributed by atoms with Crippen LogP contribution in [0.2, 0.25) is 0 Å². The summed E-state index contributed by atoms with van der Waals surface area (Å²) in [6, 6.07) is 0. The van der Waals surface area contributed by atoms with E-state index in [4.69, 9.17) is 28.4 Å². The highest BCUT2D eigenvalue weighted by atomic mass is 16.7. The SMILES string of the molecule is CC1O[C@@H](OC2[C@H](C)CCC[C@H]2O[C@@H]2OC(CO)[C@H](O)C3O[C@@H](C(=O)O)CCC4CC4OC32)[C@@H](O)C(O)[C@@H]1O. The molecule has 8 unspecified atom stereocenters. The highest BCUT2D eigenvalue weighted by molar-refractivity contribution is 5.72. The molecule has 2 saturated carbocycles. The van der Waals surface area contributed by atoms with Gasteiger partial charge in [-0.05, 0) is 50.9 Å². The molecule has 3 aliphatic heterocycles. The van der Waals surface area contributed by atoms with E-state index in [0.717, 1.165) is 19.3 Å².